The molecule has 0 aromatic heterocycles. The average molecular weight is 184 g/mol. The van der Waals surface area contributed by atoms with E-state index in [0.717, 1.165) is 6.21 Å². The molecule has 4 heteroatoms. The molecule has 0 aliphatic rings. The predicted octanol–water partition coefficient (Wildman–Crippen LogP) is 1.34. The zero-order valence-corrected chi connectivity index (χ0v) is 7.00. The molecule has 1 rings (SSSR count). The van der Waals surface area contributed by atoms with Crippen molar-refractivity contribution in [2.24, 2.45) is 10.7 Å². The standard InChI is InChI=1S/C9H10F2N2/c10-8-2-1-3-9(11)7(8)6-13-5-4-12/h1-3,6H,4-5,12H2. The molecule has 0 atom stereocenters. The number of aliphatic imine (C=N–C) groups is 1. The summed E-state index contributed by atoms with van der Waals surface area (Å²) in [5.74, 6) is -1.22. The lowest BCUT2D eigenvalue weighted by molar-refractivity contribution is 0.580. The molecular formula is C9H10F2N2. The van der Waals surface area contributed by atoms with Gasteiger partial charge >= 0.3 is 0 Å². The Morgan fingerprint density at radius 2 is 1.92 bits per heavy atom. The van der Waals surface area contributed by atoms with E-state index < -0.39 is 11.6 Å². The molecule has 0 aliphatic carbocycles. The van der Waals surface area contributed by atoms with E-state index in [1.165, 1.54) is 18.2 Å². The van der Waals surface area contributed by atoms with Crippen LogP contribution in [0.25, 0.3) is 0 Å². The molecule has 0 spiro atoms. The van der Waals surface area contributed by atoms with E-state index in [1.807, 2.05) is 0 Å². The fourth-order valence-electron chi connectivity index (χ4n) is 0.864. The minimum absolute atomic E-state index is 0.115. The summed E-state index contributed by atoms with van der Waals surface area (Å²) in [5, 5.41) is 0. The molecule has 0 saturated carbocycles. The molecule has 0 amide bonds. The fourth-order valence-corrected chi connectivity index (χ4v) is 0.864. The Morgan fingerprint density at radius 3 is 2.46 bits per heavy atom. The second-order valence-corrected chi connectivity index (χ2v) is 2.46. The summed E-state index contributed by atoms with van der Waals surface area (Å²) < 4.78 is 25.8. The van der Waals surface area contributed by atoms with Gasteiger partial charge in [-0.1, -0.05) is 6.07 Å². The summed E-state index contributed by atoms with van der Waals surface area (Å²) in [6.45, 7) is 0.736. The zero-order valence-electron chi connectivity index (χ0n) is 7.00. The molecule has 0 aliphatic heterocycles. The summed E-state index contributed by atoms with van der Waals surface area (Å²) in [5.41, 5.74) is 5.05. The Bertz CT molecular complexity index is 290. The average Bonchev–Trinajstić information content (AvgIpc) is 2.10. The largest absolute Gasteiger partial charge is 0.329 e. The van der Waals surface area contributed by atoms with Crippen molar-refractivity contribution >= 4 is 6.21 Å². The van der Waals surface area contributed by atoms with Gasteiger partial charge in [-0.05, 0) is 12.1 Å². The smallest absolute Gasteiger partial charge is 0.134 e. The molecule has 0 fully saturated rings. The highest BCUT2D eigenvalue weighted by Crippen LogP contribution is 2.08. The molecule has 13 heavy (non-hydrogen) atoms. The molecule has 1 aromatic carbocycles. The van der Waals surface area contributed by atoms with Gasteiger partial charge in [0, 0.05) is 12.8 Å². The minimum Gasteiger partial charge on any atom is -0.329 e. The molecule has 1 aromatic rings. The molecule has 2 N–H and O–H groups in total. The maximum atomic E-state index is 12.9. The van der Waals surface area contributed by atoms with Crippen LogP contribution in [0.15, 0.2) is 23.2 Å². The number of hydrogen-bond donors (Lipinski definition) is 1. The number of halogens is 2. The Labute approximate surface area is 75.1 Å². The Morgan fingerprint density at radius 1 is 1.31 bits per heavy atom. The van der Waals surface area contributed by atoms with E-state index in [-0.39, 0.29) is 5.56 Å². The summed E-state index contributed by atoms with van der Waals surface area (Å²) in [6.07, 6.45) is 1.16. The van der Waals surface area contributed by atoms with Crippen LogP contribution in [0, 0.1) is 11.6 Å². The lowest BCUT2D eigenvalue weighted by atomic mass is 10.2. The normalized spacial score (nSPS) is 11.0. The van der Waals surface area contributed by atoms with Crippen molar-refractivity contribution in [2.45, 2.75) is 0 Å². The van der Waals surface area contributed by atoms with Gasteiger partial charge in [0.15, 0.2) is 0 Å². The van der Waals surface area contributed by atoms with Gasteiger partial charge in [-0.25, -0.2) is 8.78 Å². The quantitative estimate of drug-likeness (QED) is 0.707. The predicted molar refractivity (Wildman–Crippen MR) is 47.9 cm³/mol. The highest BCUT2D eigenvalue weighted by Gasteiger charge is 2.03. The lowest BCUT2D eigenvalue weighted by Crippen LogP contribution is -2.03. The third-order valence-corrected chi connectivity index (χ3v) is 1.48. The van der Waals surface area contributed by atoms with Crippen LogP contribution in [-0.4, -0.2) is 19.3 Å². The lowest BCUT2D eigenvalue weighted by Gasteiger charge is -1.97. The van der Waals surface area contributed by atoms with Gasteiger partial charge in [0.2, 0.25) is 0 Å². The topological polar surface area (TPSA) is 38.4 Å². The number of rotatable bonds is 3. The van der Waals surface area contributed by atoms with Crippen LogP contribution < -0.4 is 5.73 Å². The van der Waals surface area contributed by atoms with Crippen molar-refractivity contribution in [3.05, 3.63) is 35.4 Å². The van der Waals surface area contributed by atoms with Crippen molar-refractivity contribution in [2.75, 3.05) is 13.1 Å². The van der Waals surface area contributed by atoms with Crippen LogP contribution in [-0.2, 0) is 0 Å². The van der Waals surface area contributed by atoms with E-state index in [4.69, 9.17) is 5.73 Å². The number of nitrogens with zero attached hydrogens (tertiary/aromatic N) is 1. The molecule has 0 unspecified atom stereocenters. The van der Waals surface area contributed by atoms with Crippen molar-refractivity contribution in [3.63, 3.8) is 0 Å². The Balaban J connectivity index is 2.87. The third-order valence-electron chi connectivity index (χ3n) is 1.48. The van der Waals surface area contributed by atoms with Gasteiger partial charge < -0.3 is 5.73 Å². The van der Waals surface area contributed by atoms with Crippen molar-refractivity contribution < 1.29 is 8.78 Å². The van der Waals surface area contributed by atoms with Gasteiger partial charge in [0.1, 0.15) is 11.6 Å². The zero-order chi connectivity index (χ0) is 9.68. The second kappa shape index (κ2) is 4.67. The van der Waals surface area contributed by atoms with Crippen molar-refractivity contribution in [3.8, 4) is 0 Å². The molecule has 2 nitrogen and oxygen atoms in total. The van der Waals surface area contributed by atoms with E-state index in [0.29, 0.717) is 13.1 Å². The van der Waals surface area contributed by atoms with E-state index in [9.17, 15) is 8.78 Å². The molecular weight excluding hydrogens is 174 g/mol. The summed E-state index contributed by atoms with van der Waals surface area (Å²) >= 11 is 0. The van der Waals surface area contributed by atoms with Crippen molar-refractivity contribution in [1.82, 2.24) is 0 Å². The number of hydrogen-bond acceptors (Lipinski definition) is 2. The van der Waals surface area contributed by atoms with Gasteiger partial charge in [-0.2, -0.15) is 0 Å². The maximum Gasteiger partial charge on any atom is 0.134 e. The van der Waals surface area contributed by atoms with E-state index in [2.05, 4.69) is 4.99 Å². The first-order valence-corrected chi connectivity index (χ1v) is 3.89. The van der Waals surface area contributed by atoms with Crippen LogP contribution in [0.3, 0.4) is 0 Å². The first-order chi connectivity index (χ1) is 6.25. The number of nitrogens with two attached hydrogens (primary N) is 1. The van der Waals surface area contributed by atoms with Gasteiger partial charge in [0.05, 0.1) is 12.1 Å². The van der Waals surface area contributed by atoms with Crippen LogP contribution >= 0.6 is 0 Å². The van der Waals surface area contributed by atoms with Crippen LogP contribution in [0.5, 0.6) is 0 Å². The van der Waals surface area contributed by atoms with Crippen LogP contribution in [0.2, 0.25) is 0 Å². The highest BCUT2D eigenvalue weighted by molar-refractivity contribution is 5.80. The maximum absolute atomic E-state index is 12.9. The molecule has 0 saturated heterocycles. The molecule has 0 radical (unpaired) electrons. The highest BCUT2D eigenvalue weighted by atomic mass is 19.1. The number of benzene rings is 1. The van der Waals surface area contributed by atoms with Crippen LogP contribution in [0.4, 0.5) is 8.78 Å². The van der Waals surface area contributed by atoms with Gasteiger partial charge in [-0.3, -0.25) is 4.99 Å². The molecule has 0 heterocycles. The first-order valence-electron chi connectivity index (χ1n) is 3.89. The third kappa shape index (κ3) is 2.59. The fraction of sp³-hybridized carbons (Fsp3) is 0.222. The summed E-state index contributed by atoms with van der Waals surface area (Å²) in [7, 11) is 0. The SMILES string of the molecule is NCCN=Cc1c(F)cccc1F. The Kier molecular flexibility index (Phi) is 3.52. The monoisotopic (exact) mass is 184 g/mol. The first kappa shape index (κ1) is 9.80. The summed E-state index contributed by atoms with van der Waals surface area (Å²) in [6, 6.07) is 3.69. The second-order valence-electron chi connectivity index (χ2n) is 2.46. The van der Waals surface area contributed by atoms with Crippen LogP contribution in [0.1, 0.15) is 5.56 Å². The van der Waals surface area contributed by atoms with Gasteiger partial charge in [0.25, 0.3) is 0 Å². The summed E-state index contributed by atoms with van der Waals surface area (Å²) in [4.78, 5) is 3.75. The minimum atomic E-state index is -0.610. The van der Waals surface area contributed by atoms with Crippen molar-refractivity contribution in [1.29, 1.82) is 0 Å². The van der Waals surface area contributed by atoms with Gasteiger partial charge in [-0.15, -0.1) is 0 Å². The van der Waals surface area contributed by atoms with E-state index >= 15 is 0 Å². The Hall–Kier alpha value is -1.29. The van der Waals surface area contributed by atoms with E-state index in [1.54, 1.807) is 0 Å². The molecule has 0 bridgehead atoms. The molecule has 70 valence electrons.